The Morgan fingerprint density at radius 3 is 2.83 bits per heavy atom. The maximum absolute atomic E-state index is 12.4. The summed E-state index contributed by atoms with van der Waals surface area (Å²) in [5, 5.41) is 10.5. The fraction of sp³-hybridized carbons (Fsp3) is 0.238. The Morgan fingerprint density at radius 1 is 1.21 bits per heavy atom. The van der Waals surface area contributed by atoms with Crippen molar-refractivity contribution in [1.29, 1.82) is 0 Å². The van der Waals surface area contributed by atoms with Gasteiger partial charge in [0.1, 0.15) is 5.75 Å². The Labute approximate surface area is 167 Å². The molecule has 1 atom stereocenters. The van der Waals surface area contributed by atoms with Crippen LogP contribution in [0.15, 0.2) is 59.0 Å². The first-order valence-electron chi connectivity index (χ1n) is 9.24. The number of methoxy groups -OCH3 is 1. The van der Waals surface area contributed by atoms with E-state index in [9.17, 15) is 9.59 Å². The summed E-state index contributed by atoms with van der Waals surface area (Å²) in [6.45, 7) is 0.461. The molecular weight excluding hydrogens is 372 g/mol. The first-order chi connectivity index (χ1) is 14.1. The number of hydrogen-bond donors (Lipinski definition) is 1. The van der Waals surface area contributed by atoms with Gasteiger partial charge >= 0.3 is 6.01 Å². The number of anilines is 2. The summed E-state index contributed by atoms with van der Waals surface area (Å²) in [6.07, 6.45) is 0.437. The second-order valence-corrected chi connectivity index (χ2v) is 6.76. The SMILES string of the molecule is COc1cccc(CC(=O)Nc2nnc(C3CC(=O)N(c4ccccc4)C3)o2)c1. The van der Waals surface area contributed by atoms with Crippen molar-refractivity contribution in [2.75, 3.05) is 23.9 Å². The van der Waals surface area contributed by atoms with Gasteiger partial charge in [0, 0.05) is 18.7 Å². The largest absolute Gasteiger partial charge is 0.497 e. The maximum atomic E-state index is 12.4. The molecule has 0 bridgehead atoms. The lowest BCUT2D eigenvalue weighted by atomic mass is 10.1. The highest BCUT2D eigenvalue weighted by Gasteiger charge is 2.35. The van der Waals surface area contributed by atoms with Gasteiger partial charge in [0.05, 0.1) is 19.4 Å². The van der Waals surface area contributed by atoms with Crippen molar-refractivity contribution in [1.82, 2.24) is 10.2 Å². The summed E-state index contributed by atoms with van der Waals surface area (Å²) in [7, 11) is 1.58. The molecule has 1 aromatic heterocycles. The zero-order valence-electron chi connectivity index (χ0n) is 15.9. The van der Waals surface area contributed by atoms with Gasteiger partial charge in [-0.3, -0.25) is 14.9 Å². The lowest BCUT2D eigenvalue weighted by Gasteiger charge is -2.15. The van der Waals surface area contributed by atoms with Gasteiger partial charge in [-0.15, -0.1) is 5.10 Å². The Bertz CT molecular complexity index is 1020. The van der Waals surface area contributed by atoms with E-state index >= 15 is 0 Å². The molecule has 8 heteroatoms. The number of aromatic nitrogens is 2. The van der Waals surface area contributed by atoms with Gasteiger partial charge in [-0.05, 0) is 29.8 Å². The molecule has 148 valence electrons. The molecule has 0 saturated carbocycles. The summed E-state index contributed by atoms with van der Waals surface area (Å²) in [5.41, 5.74) is 1.65. The molecule has 4 rings (SSSR count). The van der Waals surface area contributed by atoms with Crippen molar-refractivity contribution in [3.8, 4) is 5.75 Å². The molecule has 2 heterocycles. The highest BCUT2D eigenvalue weighted by atomic mass is 16.5. The molecule has 1 fully saturated rings. The van der Waals surface area contributed by atoms with E-state index in [1.165, 1.54) is 0 Å². The van der Waals surface area contributed by atoms with Crippen LogP contribution < -0.4 is 15.0 Å². The lowest BCUT2D eigenvalue weighted by molar-refractivity contribution is -0.117. The second kappa shape index (κ2) is 8.14. The van der Waals surface area contributed by atoms with E-state index in [0.717, 1.165) is 11.3 Å². The van der Waals surface area contributed by atoms with Gasteiger partial charge in [0.15, 0.2) is 0 Å². The molecule has 2 amide bonds. The Balaban J connectivity index is 1.38. The molecule has 1 aliphatic heterocycles. The summed E-state index contributed by atoms with van der Waals surface area (Å²) >= 11 is 0. The third-order valence-corrected chi connectivity index (χ3v) is 4.73. The van der Waals surface area contributed by atoms with E-state index in [2.05, 4.69) is 15.5 Å². The molecule has 8 nitrogen and oxygen atoms in total. The standard InChI is InChI=1S/C21H20N4O4/c1-28-17-9-5-6-14(10-17)11-18(26)22-21-24-23-20(29-21)15-12-19(27)25(13-15)16-7-3-2-4-8-16/h2-10,15H,11-13H2,1H3,(H,22,24,26). The van der Waals surface area contributed by atoms with Crippen LogP contribution in [0, 0.1) is 0 Å². The van der Waals surface area contributed by atoms with Crippen LogP contribution in [-0.2, 0) is 16.0 Å². The monoisotopic (exact) mass is 392 g/mol. The number of para-hydroxylation sites is 1. The van der Waals surface area contributed by atoms with E-state index in [0.29, 0.717) is 18.2 Å². The smallest absolute Gasteiger partial charge is 0.322 e. The molecule has 1 N–H and O–H groups in total. The predicted molar refractivity (Wildman–Crippen MR) is 106 cm³/mol. The van der Waals surface area contributed by atoms with E-state index in [1.54, 1.807) is 18.1 Å². The Morgan fingerprint density at radius 2 is 2.03 bits per heavy atom. The molecule has 29 heavy (non-hydrogen) atoms. The molecule has 1 aliphatic rings. The third kappa shape index (κ3) is 4.26. The number of nitrogens with one attached hydrogen (secondary N) is 1. The van der Waals surface area contributed by atoms with Crippen molar-refractivity contribution < 1.29 is 18.7 Å². The summed E-state index contributed by atoms with van der Waals surface area (Å²) in [6, 6.07) is 16.7. The maximum Gasteiger partial charge on any atom is 0.322 e. The van der Waals surface area contributed by atoms with E-state index < -0.39 is 0 Å². The average molecular weight is 392 g/mol. The van der Waals surface area contributed by atoms with E-state index in [-0.39, 0.29) is 36.6 Å². The number of ether oxygens (including phenoxy) is 1. The lowest BCUT2D eigenvalue weighted by Crippen LogP contribution is -2.24. The molecule has 0 spiro atoms. The summed E-state index contributed by atoms with van der Waals surface area (Å²) in [5.74, 6) is 0.543. The van der Waals surface area contributed by atoms with Gasteiger partial charge < -0.3 is 14.1 Å². The molecule has 0 aliphatic carbocycles. The van der Waals surface area contributed by atoms with Crippen LogP contribution in [0.1, 0.15) is 23.8 Å². The topological polar surface area (TPSA) is 97.6 Å². The molecule has 2 aromatic carbocycles. The number of carbonyl (C=O) groups excluding carboxylic acids is 2. The number of benzene rings is 2. The number of carbonyl (C=O) groups is 2. The van der Waals surface area contributed by atoms with Crippen LogP contribution in [0.4, 0.5) is 11.7 Å². The molecule has 1 saturated heterocycles. The van der Waals surface area contributed by atoms with Gasteiger partial charge in [-0.25, -0.2) is 0 Å². The number of nitrogens with zero attached hydrogens (tertiary/aromatic N) is 3. The Hall–Kier alpha value is -3.68. The fourth-order valence-electron chi connectivity index (χ4n) is 3.31. The van der Waals surface area contributed by atoms with Gasteiger partial charge in [-0.2, -0.15) is 0 Å². The minimum absolute atomic E-state index is 0.00279. The van der Waals surface area contributed by atoms with Crippen molar-refractivity contribution >= 4 is 23.5 Å². The molecule has 3 aromatic rings. The first-order valence-corrected chi connectivity index (χ1v) is 9.24. The zero-order chi connectivity index (χ0) is 20.2. The van der Waals surface area contributed by atoms with Crippen molar-refractivity contribution in [2.45, 2.75) is 18.8 Å². The molecular formula is C21H20N4O4. The number of rotatable bonds is 6. The summed E-state index contributed by atoms with van der Waals surface area (Å²) in [4.78, 5) is 26.3. The minimum atomic E-state index is -0.276. The van der Waals surface area contributed by atoms with Crippen LogP contribution in [0.2, 0.25) is 0 Å². The van der Waals surface area contributed by atoms with Crippen molar-refractivity contribution in [3.63, 3.8) is 0 Å². The predicted octanol–water partition coefficient (Wildman–Crippen LogP) is 2.78. The Kier molecular flexibility index (Phi) is 5.24. The van der Waals surface area contributed by atoms with Gasteiger partial charge in [0.25, 0.3) is 0 Å². The van der Waals surface area contributed by atoms with E-state index in [4.69, 9.17) is 9.15 Å². The van der Waals surface area contributed by atoms with Crippen LogP contribution in [0.5, 0.6) is 5.75 Å². The normalized spacial score (nSPS) is 16.1. The first kappa shape index (κ1) is 18.7. The second-order valence-electron chi connectivity index (χ2n) is 6.76. The van der Waals surface area contributed by atoms with Crippen LogP contribution in [-0.4, -0.2) is 35.7 Å². The van der Waals surface area contributed by atoms with Crippen LogP contribution >= 0.6 is 0 Å². The van der Waals surface area contributed by atoms with Crippen LogP contribution in [0.3, 0.4) is 0 Å². The third-order valence-electron chi connectivity index (χ3n) is 4.73. The number of hydrogen-bond acceptors (Lipinski definition) is 6. The van der Waals surface area contributed by atoms with Crippen molar-refractivity contribution in [3.05, 3.63) is 66.1 Å². The molecule has 0 radical (unpaired) electrons. The van der Waals surface area contributed by atoms with E-state index in [1.807, 2.05) is 48.5 Å². The zero-order valence-corrected chi connectivity index (χ0v) is 15.9. The summed E-state index contributed by atoms with van der Waals surface area (Å²) < 4.78 is 10.8. The number of amides is 2. The highest BCUT2D eigenvalue weighted by molar-refractivity contribution is 5.96. The van der Waals surface area contributed by atoms with Crippen molar-refractivity contribution in [2.24, 2.45) is 0 Å². The van der Waals surface area contributed by atoms with Gasteiger partial charge in [0.2, 0.25) is 17.7 Å². The average Bonchev–Trinajstić information content (AvgIpc) is 3.35. The van der Waals surface area contributed by atoms with Gasteiger partial charge in [-0.1, -0.05) is 35.4 Å². The fourth-order valence-corrected chi connectivity index (χ4v) is 3.31. The molecule has 1 unspecified atom stereocenters. The quantitative estimate of drug-likeness (QED) is 0.693. The minimum Gasteiger partial charge on any atom is -0.497 e. The van der Waals surface area contributed by atoms with Crippen LogP contribution in [0.25, 0.3) is 0 Å². The highest BCUT2D eigenvalue weighted by Crippen LogP contribution is 2.31.